The van der Waals surface area contributed by atoms with Gasteiger partial charge >= 0.3 is 0 Å². The predicted molar refractivity (Wildman–Crippen MR) is 198 cm³/mol. The zero-order valence-corrected chi connectivity index (χ0v) is 31.0. The molecule has 2 nitrogen and oxygen atoms in total. The van der Waals surface area contributed by atoms with Crippen LogP contribution in [0.15, 0.2) is 12.4 Å². The molecule has 0 aliphatic carbocycles. The van der Waals surface area contributed by atoms with E-state index in [2.05, 4.69) is 42.3 Å². The Kier molecular flexibility index (Phi) is 31.5. The quantitative estimate of drug-likeness (QED) is 0.0524. The molecule has 0 saturated heterocycles. The van der Waals surface area contributed by atoms with E-state index >= 15 is 0 Å². The summed E-state index contributed by atoms with van der Waals surface area (Å²) in [6.07, 6.45) is 53.4. The normalized spacial score (nSPS) is 11.6. The zero-order chi connectivity index (χ0) is 31.6. The van der Waals surface area contributed by atoms with Gasteiger partial charge in [0.2, 0.25) is 0 Å². The van der Waals surface area contributed by atoms with Crippen LogP contribution in [0, 0.1) is 0 Å². The summed E-state index contributed by atoms with van der Waals surface area (Å²) >= 11 is 0. The summed E-state index contributed by atoms with van der Waals surface area (Å²) in [4.78, 5) is 0. The van der Waals surface area contributed by atoms with Crippen LogP contribution in [-0.2, 0) is 19.5 Å². The first-order valence-electron chi connectivity index (χ1n) is 20.9. The maximum Gasteiger partial charge on any atom is 0.256 e. The molecule has 1 rings (SSSR count). The fourth-order valence-electron chi connectivity index (χ4n) is 7.03. The monoisotopic (exact) mass is 616 g/mol. The molecule has 0 amide bonds. The Balaban J connectivity index is 2.19. The van der Waals surface area contributed by atoms with Crippen molar-refractivity contribution >= 4 is 0 Å². The number of hydrogen-bond acceptors (Lipinski definition) is 0. The van der Waals surface area contributed by atoms with Crippen LogP contribution < -0.4 is 4.57 Å². The molecule has 1 aromatic rings. The molecule has 0 radical (unpaired) electrons. The first-order chi connectivity index (χ1) is 21.8. The van der Waals surface area contributed by atoms with E-state index in [1.807, 2.05) is 0 Å². The summed E-state index contributed by atoms with van der Waals surface area (Å²) in [7, 11) is 0. The predicted octanol–water partition coefficient (Wildman–Crippen LogP) is 14.3. The average Bonchev–Trinajstić information content (AvgIpc) is 3.42. The van der Waals surface area contributed by atoms with E-state index in [1.165, 1.54) is 231 Å². The molecule has 1 aromatic heterocycles. The van der Waals surface area contributed by atoms with Gasteiger partial charge in [-0.25, -0.2) is 9.13 Å². The van der Waals surface area contributed by atoms with E-state index in [0.29, 0.717) is 0 Å². The van der Waals surface area contributed by atoms with Crippen LogP contribution in [0.5, 0.6) is 0 Å². The van der Waals surface area contributed by atoms with Gasteiger partial charge in [-0.3, -0.25) is 0 Å². The number of rotatable bonds is 36. The van der Waals surface area contributed by atoms with E-state index < -0.39 is 0 Å². The lowest BCUT2D eigenvalue weighted by Crippen LogP contribution is -2.37. The van der Waals surface area contributed by atoms with Crippen molar-refractivity contribution in [1.29, 1.82) is 0 Å². The molecular formula is C42H83N2+. The van der Waals surface area contributed by atoms with Gasteiger partial charge in [0, 0.05) is 6.42 Å². The second-order valence-electron chi connectivity index (χ2n) is 14.5. The van der Waals surface area contributed by atoms with Crippen LogP contribution in [0.4, 0.5) is 0 Å². The van der Waals surface area contributed by atoms with Gasteiger partial charge in [-0.05, 0) is 32.1 Å². The molecule has 0 bridgehead atoms. The number of aromatic nitrogens is 2. The molecular weight excluding hydrogens is 532 g/mol. The van der Waals surface area contributed by atoms with E-state index in [1.54, 1.807) is 5.82 Å². The first kappa shape index (κ1) is 41.2. The van der Waals surface area contributed by atoms with Crippen LogP contribution in [0.3, 0.4) is 0 Å². The fourth-order valence-corrected chi connectivity index (χ4v) is 7.03. The molecule has 0 aliphatic rings. The number of nitrogens with zero attached hydrogens (tertiary/aromatic N) is 2. The number of imidazole rings is 1. The van der Waals surface area contributed by atoms with Crippen LogP contribution in [0.25, 0.3) is 0 Å². The van der Waals surface area contributed by atoms with Crippen molar-refractivity contribution < 1.29 is 4.57 Å². The Morgan fingerprint density at radius 3 is 1.09 bits per heavy atom. The minimum Gasteiger partial charge on any atom is -0.234 e. The van der Waals surface area contributed by atoms with Crippen LogP contribution in [0.1, 0.15) is 238 Å². The number of aryl methyl sites for hydroxylation is 2. The van der Waals surface area contributed by atoms with Crippen molar-refractivity contribution in [2.45, 2.75) is 252 Å². The molecule has 0 N–H and O–H groups in total. The van der Waals surface area contributed by atoms with Crippen molar-refractivity contribution in [3.8, 4) is 0 Å². The fraction of sp³-hybridized carbons (Fsp3) is 0.929. The molecule has 260 valence electrons. The van der Waals surface area contributed by atoms with Gasteiger partial charge in [0.15, 0.2) is 0 Å². The van der Waals surface area contributed by atoms with Gasteiger partial charge in [-0.2, -0.15) is 0 Å². The largest absolute Gasteiger partial charge is 0.256 e. The van der Waals surface area contributed by atoms with Crippen molar-refractivity contribution in [2.75, 3.05) is 0 Å². The summed E-state index contributed by atoms with van der Waals surface area (Å²) in [5.74, 6) is 1.62. The third kappa shape index (κ3) is 25.4. The summed E-state index contributed by atoms with van der Waals surface area (Å²) in [5, 5.41) is 0. The van der Waals surface area contributed by atoms with Gasteiger partial charge < -0.3 is 0 Å². The average molecular weight is 616 g/mol. The second kappa shape index (κ2) is 33.6. The molecule has 0 aliphatic heterocycles. The Hall–Kier alpha value is -0.790. The van der Waals surface area contributed by atoms with E-state index in [-0.39, 0.29) is 0 Å². The highest BCUT2D eigenvalue weighted by Crippen LogP contribution is 2.16. The van der Waals surface area contributed by atoms with Gasteiger partial charge in [0.1, 0.15) is 12.4 Å². The van der Waals surface area contributed by atoms with Crippen LogP contribution in [0.2, 0.25) is 0 Å². The highest BCUT2D eigenvalue weighted by atomic mass is 15.1. The van der Waals surface area contributed by atoms with Crippen LogP contribution >= 0.6 is 0 Å². The number of unbranched alkanes of at least 4 members (excludes halogenated alkanes) is 30. The molecule has 0 saturated carbocycles. The topological polar surface area (TPSA) is 8.81 Å². The standard InChI is InChI=1S/C42H83N2/c1-4-7-10-13-16-18-20-21-22-23-24-26-28-30-33-36-39-44-41-40-43(42(44)37-34-31-15-12-9-6-3)38-35-32-29-27-25-19-17-14-11-8-5-2/h40-41H,4-39H2,1-3H3/q+1. The van der Waals surface area contributed by atoms with Gasteiger partial charge in [0.05, 0.1) is 13.1 Å². The van der Waals surface area contributed by atoms with E-state index in [9.17, 15) is 0 Å². The SMILES string of the molecule is CCCCCCCCCCCCCCCCCCn1cc[n+](CCCCCCCCCCCCC)c1CCCCCCCC. The van der Waals surface area contributed by atoms with Gasteiger partial charge in [-0.15, -0.1) is 0 Å². The summed E-state index contributed by atoms with van der Waals surface area (Å²) < 4.78 is 5.26. The van der Waals surface area contributed by atoms with E-state index in [0.717, 1.165) is 0 Å². The molecule has 0 atom stereocenters. The summed E-state index contributed by atoms with van der Waals surface area (Å²) in [6, 6.07) is 0. The Bertz CT molecular complexity index is 677. The summed E-state index contributed by atoms with van der Waals surface area (Å²) in [5.41, 5.74) is 0. The highest BCUT2D eigenvalue weighted by molar-refractivity contribution is 4.84. The van der Waals surface area contributed by atoms with Crippen molar-refractivity contribution in [3.05, 3.63) is 18.2 Å². The van der Waals surface area contributed by atoms with Gasteiger partial charge in [0.25, 0.3) is 5.82 Å². The van der Waals surface area contributed by atoms with Gasteiger partial charge in [-0.1, -0.05) is 201 Å². The lowest BCUT2D eigenvalue weighted by Gasteiger charge is -2.07. The second-order valence-corrected chi connectivity index (χ2v) is 14.5. The molecule has 0 spiro atoms. The Morgan fingerprint density at radius 1 is 0.386 bits per heavy atom. The maximum absolute atomic E-state index is 2.63. The lowest BCUT2D eigenvalue weighted by molar-refractivity contribution is -0.704. The third-order valence-corrected chi connectivity index (χ3v) is 10.1. The minimum atomic E-state index is 1.23. The lowest BCUT2D eigenvalue weighted by atomic mass is 10.0. The Labute approximate surface area is 279 Å². The summed E-state index contributed by atoms with van der Waals surface area (Å²) in [6.45, 7) is 9.41. The Morgan fingerprint density at radius 2 is 0.705 bits per heavy atom. The molecule has 2 heteroatoms. The zero-order valence-electron chi connectivity index (χ0n) is 31.0. The maximum atomic E-state index is 2.63. The van der Waals surface area contributed by atoms with Crippen LogP contribution in [-0.4, -0.2) is 4.57 Å². The minimum absolute atomic E-state index is 1.23. The third-order valence-electron chi connectivity index (χ3n) is 10.1. The van der Waals surface area contributed by atoms with Crippen molar-refractivity contribution in [3.63, 3.8) is 0 Å². The molecule has 0 aromatic carbocycles. The molecule has 44 heavy (non-hydrogen) atoms. The van der Waals surface area contributed by atoms with Crippen molar-refractivity contribution in [2.24, 2.45) is 0 Å². The molecule has 1 heterocycles. The highest BCUT2D eigenvalue weighted by Gasteiger charge is 2.16. The first-order valence-corrected chi connectivity index (χ1v) is 20.9. The molecule has 0 unspecified atom stereocenters. The van der Waals surface area contributed by atoms with Crippen molar-refractivity contribution in [1.82, 2.24) is 4.57 Å². The number of hydrogen-bond donors (Lipinski definition) is 0. The van der Waals surface area contributed by atoms with E-state index in [4.69, 9.17) is 0 Å². The smallest absolute Gasteiger partial charge is 0.234 e. The molecule has 0 fully saturated rings.